The fourth-order valence-corrected chi connectivity index (χ4v) is 0.625. The van der Waals surface area contributed by atoms with Crippen molar-refractivity contribution in [2.75, 3.05) is 0 Å². The summed E-state index contributed by atoms with van der Waals surface area (Å²) in [4.78, 5) is 20.8. The summed E-state index contributed by atoms with van der Waals surface area (Å²) in [5.41, 5.74) is 9.98. The lowest BCUT2D eigenvalue weighted by molar-refractivity contribution is -0.136. The molecule has 1 amide bonds. The van der Waals surface area contributed by atoms with Gasteiger partial charge in [0.1, 0.15) is 0 Å². The van der Waals surface area contributed by atoms with Gasteiger partial charge in [-0.25, -0.2) is 0 Å². The smallest absolute Gasteiger partial charge is 0.286 e. The van der Waals surface area contributed by atoms with Crippen LogP contribution in [0.3, 0.4) is 0 Å². The lowest BCUT2D eigenvalue weighted by atomic mass is 10.1. The first-order chi connectivity index (χ1) is 4.59. The van der Waals surface area contributed by atoms with Crippen molar-refractivity contribution in [2.24, 2.45) is 11.5 Å². The van der Waals surface area contributed by atoms with Crippen LogP contribution in [0.15, 0.2) is 0 Å². The molecule has 0 radical (unpaired) electrons. The highest BCUT2D eigenvalue weighted by Crippen LogP contribution is 1.93. The van der Waals surface area contributed by atoms with E-state index in [0.717, 1.165) is 6.42 Å². The standard InChI is InChI=1S/C6H12N2O2/c1-2-3-4(7)5(9)6(8)10/h4H,2-3,7H2,1H3,(H2,8,10). The second-order valence-electron chi connectivity index (χ2n) is 2.12. The molecular weight excluding hydrogens is 132 g/mol. The number of carbonyl (C=O) groups is 2. The number of carbonyl (C=O) groups excluding carboxylic acids is 2. The maximum absolute atomic E-state index is 10.6. The van der Waals surface area contributed by atoms with E-state index in [9.17, 15) is 9.59 Å². The zero-order valence-electron chi connectivity index (χ0n) is 5.96. The van der Waals surface area contributed by atoms with Crippen molar-refractivity contribution in [3.8, 4) is 0 Å². The van der Waals surface area contributed by atoms with Crippen LogP contribution in [0.4, 0.5) is 0 Å². The Morgan fingerprint density at radius 1 is 1.50 bits per heavy atom. The number of hydrogen-bond acceptors (Lipinski definition) is 3. The molecule has 0 spiro atoms. The molecule has 4 heteroatoms. The van der Waals surface area contributed by atoms with E-state index in [4.69, 9.17) is 11.5 Å². The Labute approximate surface area is 59.6 Å². The third-order valence-corrected chi connectivity index (χ3v) is 1.18. The van der Waals surface area contributed by atoms with Crippen LogP contribution in [-0.2, 0) is 9.59 Å². The molecule has 0 heterocycles. The molecular formula is C6H12N2O2. The highest BCUT2D eigenvalue weighted by atomic mass is 16.2. The van der Waals surface area contributed by atoms with E-state index in [1.807, 2.05) is 6.92 Å². The summed E-state index contributed by atoms with van der Waals surface area (Å²) < 4.78 is 0. The molecule has 0 aromatic rings. The van der Waals surface area contributed by atoms with Crippen molar-refractivity contribution >= 4 is 11.7 Å². The largest absolute Gasteiger partial charge is 0.363 e. The molecule has 0 rings (SSSR count). The number of primary amides is 1. The Hall–Kier alpha value is -0.900. The zero-order valence-corrected chi connectivity index (χ0v) is 5.96. The molecule has 4 N–H and O–H groups in total. The highest BCUT2D eigenvalue weighted by molar-refractivity contribution is 6.37. The second kappa shape index (κ2) is 4.00. The monoisotopic (exact) mass is 144 g/mol. The minimum absolute atomic E-state index is 0.516. The maximum Gasteiger partial charge on any atom is 0.286 e. The first-order valence-electron chi connectivity index (χ1n) is 3.18. The molecule has 4 nitrogen and oxygen atoms in total. The van der Waals surface area contributed by atoms with Gasteiger partial charge < -0.3 is 11.5 Å². The number of Topliss-reactive ketones (excluding diaryl/α,β-unsaturated/α-hetero) is 1. The SMILES string of the molecule is CCCC(N)C(=O)C(N)=O. The second-order valence-corrected chi connectivity index (χ2v) is 2.12. The highest BCUT2D eigenvalue weighted by Gasteiger charge is 2.17. The van der Waals surface area contributed by atoms with Crippen molar-refractivity contribution < 1.29 is 9.59 Å². The Morgan fingerprint density at radius 3 is 2.30 bits per heavy atom. The third kappa shape index (κ3) is 2.59. The van der Waals surface area contributed by atoms with Gasteiger partial charge in [0.25, 0.3) is 5.91 Å². The van der Waals surface area contributed by atoms with Gasteiger partial charge in [0, 0.05) is 0 Å². The molecule has 0 aliphatic rings. The average Bonchev–Trinajstić information content (AvgIpc) is 1.87. The van der Waals surface area contributed by atoms with Gasteiger partial charge in [0.15, 0.2) is 0 Å². The van der Waals surface area contributed by atoms with E-state index in [2.05, 4.69) is 0 Å². The fourth-order valence-electron chi connectivity index (χ4n) is 0.625. The zero-order chi connectivity index (χ0) is 8.15. The molecule has 0 bridgehead atoms. The lowest BCUT2D eigenvalue weighted by Crippen LogP contribution is -2.39. The fraction of sp³-hybridized carbons (Fsp3) is 0.667. The van der Waals surface area contributed by atoms with Gasteiger partial charge in [-0.15, -0.1) is 0 Å². The van der Waals surface area contributed by atoms with Crippen molar-refractivity contribution in [1.82, 2.24) is 0 Å². The Balaban J connectivity index is 3.82. The van der Waals surface area contributed by atoms with Crippen molar-refractivity contribution in [3.05, 3.63) is 0 Å². The topological polar surface area (TPSA) is 86.2 Å². The molecule has 0 aliphatic heterocycles. The minimum Gasteiger partial charge on any atom is -0.363 e. The van der Waals surface area contributed by atoms with E-state index in [1.54, 1.807) is 0 Å². The van der Waals surface area contributed by atoms with Crippen LogP contribution in [0.1, 0.15) is 19.8 Å². The summed E-state index contributed by atoms with van der Waals surface area (Å²) in [6, 6.07) is -0.706. The van der Waals surface area contributed by atoms with E-state index in [1.165, 1.54) is 0 Å². The van der Waals surface area contributed by atoms with Gasteiger partial charge in [0.2, 0.25) is 5.78 Å². The minimum atomic E-state index is -0.944. The Bertz CT molecular complexity index is 145. The van der Waals surface area contributed by atoms with Gasteiger partial charge in [-0.05, 0) is 6.42 Å². The molecule has 0 aromatic carbocycles. The molecule has 0 aromatic heterocycles. The average molecular weight is 144 g/mol. The summed E-state index contributed by atoms with van der Waals surface area (Å²) in [5.74, 6) is -1.62. The van der Waals surface area contributed by atoms with E-state index in [0.29, 0.717) is 6.42 Å². The summed E-state index contributed by atoms with van der Waals surface area (Å²) in [7, 11) is 0. The van der Waals surface area contributed by atoms with Crippen LogP contribution in [-0.4, -0.2) is 17.7 Å². The number of amides is 1. The van der Waals surface area contributed by atoms with Crippen LogP contribution >= 0.6 is 0 Å². The van der Waals surface area contributed by atoms with Gasteiger partial charge >= 0.3 is 0 Å². The van der Waals surface area contributed by atoms with Crippen LogP contribution in [0, 0.1) is 0 Å². The number of ketones is 1. The van der Waals surface area contributed by atoms with Crippen molar-refractivity contribution in [3.63, 3.8) is 0 Å². The van der Waals surface area contributed by atoms with Crippen LogP contribution < -0.4 is 11.5 Å². The lowest BCUT2D eigenvalue weighted by Gasteiger charge is -2.04. The van der Waals surface area contributed by atoms with Gasteiger partial charge in [-0.2, -0.15) is 0 Å². The molecule has 1 unspecified atom stereocenters. The predicted molar refractivity (Wildman–Crippen MR) is 37.1 cm³/mol. The molecule has 10 heavy (non-hydrogen) atoms. The van der Waals surface area contributed by atoms with Crippen molar-refractivity contribution in [2.45, 2.75) is 25.8 Å². The predicted octanol–water partition coefficient (Wildman–Crippen LogP) is -0.832. The van der Waals surface area contributed by atoms with Crippen LogP contribution in [0.25, 0.3) is 0 Å². The molecule has 0 aliphatic carbocycles. The third-order valence-electron chi connectivity index (χ3n) is 1.18. The summed E-state index contributed by atoms with van der Waals surface area (Å²) in [5, 5.41) is 0. The summed E-state index contributed by atoms with van der Waals surface area (Å²) in [6.07, 6.45) is 1.29. The van der Waals surface area contributed by atoms with Crippen LogP contribution in [0.2, 0.25) is 0 Å². The van der Waals surface area contributed by atoms with Gasteiger partial charge in [-0.3, -0.25) is 9.59 Å². The Kier molecular flexibility index (Phi) is 3.64. The first-order valence-corrected chi connectivity index (χ1v) is 3.18. The summed E-state index contributed by atoms with van der Waals surface area (Å²) in [6.45, 7) is 1.88. The molecule has 0 saturated heterocycles. The molecule has 0 saturated carbocycles. The van der Waals surface area contributed by atoms with Gasteiger partial charge in [0.05, 0.1) is 6.04 Å². The number of nitrogens with two attached hydrogens (primary N) is 2. The van der Waals surface area contributed by atoms with E-state index in [-0.39, 0.29) is 0 Å². The maximum atomic E-state index is 10.6. The number of rotatable bonds is 4. The normalized spacial score (nSPS) is 12.6. The van der Waals surface area contributed by atoms with Gasteiger partial charge in [-0.1, -0.05) is 13.3 Å². The van der Waals surface area contributed by atoms with Crippen LogP contribution in [0.5, 0.6) is 0 Å². The number of hydrogen-bond donors (Lipinski definition) is 2. The van der Waals surface area contributed by atoms with Crippen molar-refractivity contribution in [1.29, 1.82) is 0 Å². The molecule has 0 fully saturated rings. The first kappa shape index (κ1) is 9.10. The Morgan fingerprint density at radius 2 is 2.00 bits per heavy atom. The summed E-state index contributed by atoms with van der Waals surface area (Å²) >= 11 is 0. The quantitative estimate of drug-likeness (QED) is 0.505. The van der Waals surface area contributed by atoms with E-state index < -0.39 is 17.7 Å². The molecule has 58 valence electrons. The van der Waals surface area contributed by atoms with E-state index >= 15 is 0 Å². The molecule has 1 atom stereocenters.